The number of rotatable bonds is 5. The smallest absolute Gasteiger partial charge is 0.303 e. The highest BCUT2D eigenvalue weighted by Crippen LogP contribution is 2.47. The van der Waals surface area contributed by atoms with E-state index in [2.05, 4.69) is 6.58 Å². The Morgan fingerprint density at radius 2 is 1.64 bits per heavy atom. The molecule has 0 fully saturated rings. The minimum Gasteiger partial charge on any atom is -0.303 e. The molecular formula is C9H19O4P. The van der Waals surface area contributed by atoms with Crippen LogP contribution in [0.1, 0.15) is 27.7 Å². The molecule has 0 aromatic heterocycles. The Morgan fingerprint density at radius 1 is 1.29 bits per heavy atom. The van der Waals surface area contributed by atoms with E-state index in [1.807, 2.05) is 27.7 Å². The van der Waals surface area contributed by atoms with Crippen LogP contribution in [0.25, 0.3) is 0 Å². The van der Waals surface area contributed by atoms with Crippen molar-refractivity contribution >= 4 is 7.82 Å². The van der Waals surface area contributed by atoms with E-state index >= 15 is 0 Å². The zero-order chi connectivity index (χ0) is 11.6. The lowest BCUT2D eigenvalue weighted by Gasteiger charge is -2.38. The molecule has 0 aromatic rings. The minimum atomic E-state index is -4.48. The Labute approximate surface area is 85.2 Å². The summed E-state index contributed by atoms with van der Waals surface area (Å²) in [5.74, 6) is -0.0970. The molecule has 0 radical (unpaired) electrons. The standard InChI is InChI=1S/C9H19O4P/c1-6-9(7(2)3,8(4)5)13-14(10,11)12/h6-8H,1H2,2-5H3,(H2,10,11,12). The number of hydrogen-bond acceptors (Lipinski definition) is 2. The Hall–Kier alpha value is -0.150. The van der Waals surface area contributed by atoms with Gasteiger partial charge in [-0.25, -0.2) is 4.57 Å². The molecule has 5 heteroatoms. The van der Waals surface area contributed by atoms with Crippen molar-refractivity contribution in [2.75, 3.05) is 0 Å². The SMILES string of the molecule is C=CC(OP(=O)(O)O)(C(C)C)C(C)C. The molecule has 0 saturated heterocycles. The molecular weight excluding hydrogens is 203 g/mol. The first-order valence-electron chi connectivity index (χ1n) is 4.55. The van der Waals surface area contributed by atoms with Crippen LogP contribution in [0.3, 0.4) is 0 Å². The maximum atomic E-state index is 10.8. The van der Waals surface area contributed by atoms with E-state index in [4.69, 9.17) is 14.3 Å². The van der Waals surface area contributed by atoms with E-state index in [1.165, 1.54) is 6.08 Å². The average molecular weight is 222 g/mol. The molecule has 0 unspecified atom stereocenters. The predicted molar refractivity (Wildman–Crippen MR) is 55.7 cm³/mol. The maximum Gasteiger partial charge on any atom is 0.470 e. The number of phosphoric acid groups is 1. The van der Waals surface area contributed by atoms with Crippen LogP contribution in [0, 0.1) is 11.8 Å². The van der Waals surface area contributed by atoms with Gasteiger partial charge >= 0.3 is 7.82 Å². The van der Waals surface area contributed by atoms with E-state index in [1.54, 1.807) is 0 Å². The Balaban J connectivity index is 5.06. The normalized spacial score (nSPS) is 13.7. The van der Waals surface area contributed by atoms with Crippen LogP contribution in [0.2, 0.25) is 0 Å². The molecule has 2 N–H and O–H groups in total. The van der Waals surface area contributed by atoms with Gasteiger partial charge in [-0.2, -0.15) is 0 Å². The summed E-state index contributed by atoms with van der Waals surface area (Å²) < 4.78 is 15.7. The van der Waals surface area contributed by atoms with Gasteiger partial charge in [-0.3, -0.25) is 4.52 Å². The summed E-state index contributed by atoms with van der Waals surface area (Å²) in [6, 6.07) is 0. The molecule has 0 aliphatic carbocycles. The van der Waals surface area contributed by atoms with Crippen LogP contribution in [-0.2, 0) is 9.09 Å². The first kappa shape index (κ1) is 13.8. The third-order valence-electron chi connectivity index (χ3n) is 2.40. The molecule has 0 amide bonds. The van der Waals surface area contributed by atoms with Crippen molar-refractivity contribution in [3.63, 3.8) is 0 Å². The molecule has 0 aromatic carbocycles. The van der Waals surface area contributed by atoms with Crippen LogP contribution in [0.4, 0.5) is 0 Å². The maximum absolute atomic E-state index is 10.8. The van der Waals surface area contributed by atoms with Crippen LogP contribution in [0.15, 0.2) is 12.7 Å². The van der Waals surface area contributed by atoms with Crippen molar-refractivity contribution in [3.8, 4) is 0 Å². The van der Waals surface area contributed by atoms with Gasteiger partial charge in [-0.05, 0) is 11.8 Å². The van der Waals surface area contributed by atoms with Gasteiger partial charge in [0.2, 0.25) is 0 Å². The first-order chi connectivity index (χ1) is 6.15. The lowest BCUT2D eigenvalue weighted by molar-refractivity contribution is -0.000952. The van der Waals surface area contributed by atoms with Crippen LogP contribution in [0.5, 0.6) is 0 Å². The monoisotopic (exact) mass is 222 g/mol. The summed E-state index contributed by atoms with van der Waals surface area (Å²) in [5.41, 5.74) is -0.973. The fourth-order valence-corrected chi connectivity index (χ4v) is 2.50. The molecule has 0 rings (SSSR count). The Morgan fingerprint density at radius 3 is 1.71 bits per heavy atom. The van der Waals surface area contributed by atoms with Crippen molar-refractivity contribution in [2.24, 2.45) is 11.8 Å². The van der Waals surface area contributed by atoms with Gasteiger partial charge < -0.3 is 9.79 Å². The van der Waals surface area contributed by atoms with Gasteiger partial charge in [0, 0.05) is 0 Å². The summed E-state index contributed by atoms with van der Waals surface area (Å²) in [7, 11) is -4.48. The molecule has 0 heterocycles. The zero-order valence-corrected chi connectivity index (χ0v) is 9.99. The lowest BCUT2D eigenvalue weighted by Crippen LogP contribution is -2.40. The topological polar surface area (TPSA) is 66.8 Å². The Bertz CT molecular complexity index is 233. The van der Waals surface area contributed by atoms with Crippen LogP contribution in [-0.4, -0.2) is 15.4 Å². The van der Waals surface area contributed by atoms with E-state index in [9.17, 15) is 4.57 Å². The second kappa shape index (κ2) is 4.58. The summed E-state index contributed by atoms with van der Waals surface area (Å²) in [4.78, 5) is 17.6. The number of hydrogen-bond donors (Lipinski definition) is 2. The quantitative estimate of drug-likeness (QED) is 0.553. The lowest BCUT2D eigenvalue weighted by atomic mass is 9.81. The van der Waals surface area contributed by atoms with Gasteiger partial charge in [-0.1, -0.05) is 33.8 Å². The molecule has 0 saturated carbocycles. The minimum absolute atomic E-state index is 0.0485. The van der Waals surface area contributed by atoms with Crippen molar-refractivity contribution < 1.29 is 18.9 Å². The molecule has 0 aliphatic rings. The van der Waals surface area contributed by atoms with E-state index in [0.29, 0.717) is 0 Å². The first-order valence-corrected chi connectivity index (χ1v) is 6.08. The van der Waals surface area contributed by atoms with Gasteiger partial charge in [0.05, 0.1) is 0 Å². The molecule has 4 nitrogen and oxygen atoms in total. The second-order valence-corrected chi connectivity index (χ2v) is 5.11. The predicted octanol–water partition coefficient (Wildman–Crippen LogP) is 2.33. The summed E-state index contributed by atoms with van der Waals surface area (Å²) in [6.07, 6.45) is 1.47. The third kappa shape index (κ3) is 3.21. The highest BCUT2D eigenvalue weighted by molar-refractivity contribution is 7.46. The molecule has 84 valence electrons. The molecule has 0 aliphatic heterocycles. The van der Waals surface area contributed by atoms with Gasteiger partial charge in [-0.15, -0.1) is 6.58 Å². The number of phosphoric ester groups is 1. The van der Waals surface area contributed by atoms with Crippen molar-refractivity contribution in [1.29, 1.82) is 0 Å². The molecule has 0 atom stereocenters. The molecule has 0 bridgehead atoms. The Kier molecular flexibility index (Phi) is 4.53. The fourth-order valence-electron chi connectivity index (χ4n) is 1.59. The highest BCUT2D eigenvalue weighted by Gasteiger charge is 2.40. The van der Waals surface area contributed by atoms with Crippen LogP contribution < -0.4 is 0 Å². The highest BCUT2D eigenvalue weighted by atomic mass is 31.2. The van der Waals surface area contributed by atoms with Gasteiger partial charge in [0.1, 0.15) is 5.60 Å². The molecule has 14 heavy (non-hydrogen) atoms. The van der Waals surface area contributed by atoms with Crippen molar-refractivity contribution in [3.05, 3.63) is 12.7 Å². The van der Waals surface area contributed by atoms with E-state index in [0.717, 1.165) is 0 Å². The van der Waals surface area contributed by atoms with E-state index < -0.39 is 13.4 Å². The third-order valence-corrected chi connectivity index (χ3v) is 2.95. The summed E-state index contributed by atoms with van der Waals surface area (Å²) >= 11 is 0. The fraction of sp³-hybridized carbons (Fsp3) is 0.778. The molecule has 0 spiro atoms. The largest absolute Gasteiger partial charge is 0.470 e. The van der Waals surface area contributed by atoms with Gasteiger partial charge in [0.15, 0.2) is 0 Å². The second-order valence-electron chi connectivity index (χ2n) is 3.95. The van der Waals surface area contributed by atoms with Crippen LogP contribution >= 0.6 is 7.82 Å². The average Bonchev–Trinajstić information content (AvgIpc) is 1.97. The zero-order valence-electron chi connectivity index (χ0n) is 9.10. The summed E-state index contributed by atoms with van der Waals surface area (Å²) in [6.45, 7) is 11.0. The van der Waals surface area contributed by atoms with Crippen molar-refractivity contribution in [2.45, 2.75) is 33.3 Å². The van der Waals surface area contributed by atoms with Gasteiger partial charge in [0.25, 0.3) is 0 Å². The summed E-state index contributed by atoms with van der Waals surface area (Å²) in [5, 5.41) is 0. The van der Waals surface area contributed by atoms with Crippen molar-refractivity contribution in [1.82, 2.24) is 0 Å². The van der Waals surface area contributed by atoms with E-state index in [-0.39, 0.29) is 11.8 Å².